The van der Waals surface area contributed by atoms with Gasteiger partial charge in [-0.15, -0.1) is 0 Å². The van der Waals surface area contributed by atoms with Crippen LogP contribution in [0.3, 0.4) is 0 Å². The van der Waals surface area contributed by atoms with Crippen molar-refractivity contribution < 1.29 is 4.74 Å². The summed E-state index contributed by atoms with van der Waals surface area (Å²) in [5, 5.41) is 3.78. The van der Waals surface area contributed by atoms with Crippen molar-refractivity contribution in [3.8, 4) is 0 Å². The van der Waals surface area contributed by atoms with E-state index >= 15 is 0 Å². The number of anilines is 1. The maximum absolute atomic E-state index is 5.70. The third-order valence-corrected chi connectivity index (χ3v) is 1.81. The first-order valence-electron chi connectivity index (χ1n) is 4.65. The molecule has 0 aromatic carbocycles. The Morgan fingerprint density at radius 1 is 1.50 bits per heavy atom. The molecular weight excluding hydrogens is 200 g/mol. The summed E-state index contributed by atoms with van der Waals surface area (Å²) in [4.78, 5) is 4.10. The highest BCUT2D eigenvalue weighted by Crippen LogP contribution is 2.08. The molecule has 1 rings (SSSR count). The lowest BCUT2D eigenvalue weighted by molar-refractivity contribution is 0.0870. The number of hydrogen-bond acceptors (Lipinski definition) is 3. The molecule has 0 saturated heterocycles. The highest BCUT2D eigenvalue weighted by Gasteiger charge is 1.94. The van der Waals surface area contributed by atoms with Crippen molar-refractivity contribution in [2.24, 2.45) is 0 Å². The molecule has 1 heterocycles. The summed E-state index contributed by atoms with van der Waals surface area (Å²) in [6.45, 7) is 5.47. The zero-order chi connectivity index (χ0) is 10.4. The summed E-state index contributed by atoms with van der Waals surface area (Å²) in [5.74, 6) is 0.821. The highest BCUT2D eigenvalue weighted by atomic mass is 35.5. The quantitative estimate of drug-likeness (QED) is 0.765. The van der Waals surface area contributed by atoms with Crippen LogP contribution >= 0.6 is 11.6 Å². The van der Waals surface area contributed by atoms with Crippen LogP contribution in [0.2, 0.25) is 5.02 Å². The van der Waals surface area contributed by atoms with Crippen LogP contribution in [0.5, 0.6) is 0 Å². The standard InChI is InChI=1S/C10H15ClN2O/c1-8(2)14-6-5-12-10-4-3-9(11)7-13-10/h3-4,7-8H,5-6H2,1-2H3,(H,12,13). The number of rotatable bonds is 5. The van der Waals surface area contributed by atoms with Crippen molar-refractivity contribution in [3.05, 3.63) is 23.4 Å². The van der Waals surface area contributed by atoms with Crippen LogP contribution in [-0.4, -0.2) is 24.2 Å². The van der Waals surface area contributed by atoms with E-state index in [0.717, 1.165) is 12.4 Å². The van der Waals surface area contributed by atoms with E-state index in [2.05, 4.69) is 10.3 Å². The molecule has 0 aliphatic carbocycles. The Bertz CT molecular complexity index is 261. The zero-order valence-electron chi connectivity index (χ0n) is 8.46. The Labute approximate surface area is 89.4 Å². The number of ether oxygens (including phenoxy) is 1. The molecule has 0 fully saturated rings. The van der Waals surface area contributed by atoms with Gasteiger partial charge < -0.3 is 10.1 Å². The maximum atomic E-state index is 5.70. The van der Waals surface area contributed by atoms with Gasteiger partial charge in [-0.2, -0.15) is 0 Å². The fraction of sp³-hybridized carbons (Fsp3) is 0.500. The van der Waals surface area contributed by atoms with E-state index < -0.39 is 0 Å². The van der Waals surface area contributed by atoms with Gasteiger partial charge in [-0.3, -0.25) is 0 Å². The molecule has 3 nitrogen and oxygen atoms in total. The molecule has 1 aromatic heterocycles. The van der Waals surface area contributed by atoms with Crippen molar-refractivity contribution in [2.75, 3.05) is 18.5 Å². The molecule has 0 aliphatic rings. The van der Waals surface area contributed by atoms with Crippen LogP contribution in [-0.2, 0) is 4.74 Å². The number of aromatic nitrogens is 1. The van der Waals surface area contributed by atoms with Crippen molar-refractivity contribution in [3.63, 3.8) is 0 Å². The average Bonchev–Trinajstić information content (AvgIpc) is 2.15. The molecule has 0 saturated carbocycles. The number of halogens is 1. The van der Waals surface area contributed by atoms with E-state index in [0.29, 0.717) is 11.6 Å². The van der Waals surface area contributed by atoms with E-state index in [-0.39, 0.29) is 6.10 Å². The molecule has 0 bridgehead atoms. The van der Waals surface area contributed by atoms with E-state index in [1.165, 1.54) is 0 Å². The predicted molar refractivity (Wildman–Crippen MR) is 58.8 cm³/mol. The van der Waals surface area contributed by atoms with Gasteiger partial charge in [-0.25, -0.2) is 4.98 Å². The molecule has 0 spiro atoms. The van der Waals surface area contributed by atoms with Gasteiger partial charge in [0.2, 0.25) is 0 Å². The molecule has 14 heavy (non-hydrogen) atoms. The largest absolute Gasteiger partial charge is 0.377 e. The van der Waals surface area contributed by atoms with Crippen LogP contribution in [0.4, 0.5) is 5.82 Å². The molecular formula is C10H15ClN2O. The summed E-state index contributed by atoms with van der Waals surface area (Å²) in [5.41, 5.74) is 0. The lowest BCUT2D eigenvalue weighted by Crippen LogP contribution is -2.13. The van der Waals surface area contributed by atoms with Gasteiger partial charge in [-0.1, -0.05) is 11.6 Å². The highest BCUT2D eigenvalue weighted by molar-refractivity contribution is 6.30. The van der Waals surface area contributed by atoms with Gasteiger partial charge in [0.15, 0.2) is 0 Å². The Hall–Kier alpha value is -0.800. The van der Waals surface area contributed by atoms with Crippen molar-refractivity contribution >= 4 is 17.4 Å². The molecule has 0 unspecified atom stereocenters. The van der Waals surface area contributed by atoms with E-state index in [4.69, 9.17) is 16.3 Å². The van der Waals surface area contributed by atoms with Crippen LogP contribution in [0.1, 0.15) is 13.8 Å². The van der Waals surface area contributed by atoms with E-state index in [9.17, 15) is 0 Å². The monoisotopic (exact) mass is 214 g/mol. The van der Waals surface area contributed by atoms with Gasteiger partial charge in [0.1, 0.15) is 5.82 Å². The number of pyridine rings is 1. The Balaban J connectivity index is 2.21. The second kappa shape index (κ2) is 5.83. The van der Waals surface area contributed by atoms with Crippen LogP contribution in [0.25, 0.3) is 0 Å². The van der Waals surface area contributed by atoms with Gasteiger partial charge in [0.25, 0.3) is 0 Å². The first kappa shape index (κ1) is 11.3. The van der Waals surface area contributed by atoms with Gasteiger partial charge >= 0.3 is 0 Å². The number of nitrogens with one attached hydrogen (secondary N) is 1. The summed E-state index contributed by atoms with van der Waals surface area (Å²) in [6, 6.07) is 3.65. The summed E-state index contributed by atoms with van der Waals surface area (Å²) < 4.78 is 5.37. The Morgan fingerprint density at radius 3 is 2.86 bits per heavy atom. The normalized spacial score (nSPS) is 10.6. The van der Waals surface area contributed by atoms with Crippen LogP contribution in [0, 0.1) is 0 Å². The lowest BCUT2D eigenvalue weighted by atomic mass is 10.4. The molecule has 0 atom stereocenters. The van der Waals surface area contributed by atoms with E-state index in [1.807, 2.05) is 19.9 Å². The van der Waals surface area contributed by atoms with Gasteiger partial charge in [0, 0.05) is 12.7 Å². The average molecular weight is 215 g/mol. The second-order valence-corrected chi connectivity index (χ2v) is 3.64. The molecule has 0 radical (unpaired) electrons. The third kappa shape index (κ3) is 4.44. The molecule has 1 aromatic rings. The maximum Gasteiger partial charge on any atom is 0.126 e. The van der Waals surface area contributed by atoms with E-state index in [1.54, 1.807) is 12.3 Å². The topological polar surface area (TPSA) is 34.1 Å². The summed E-state index contributed by atoms with van der Waals surface area (Å²) in [6.07, 6.45) is 1.89. The predicted octanol–water partition coefficient (Wildman–Crippen LogP) is 2.57. The Kier molecular flexibility index (Phi) is 4.70. The third-order valence-electron chi connectivity index (χ3n) is 1.59. The molecule has 78 valence electrons. The Morgan fingerprint density at radius 2 is 2.29 bits per heavy atom. The van der Waals surface area contributed by atoms with Gasteiger partial charge in [-0.05, 0) is 26.0 Å². The first-order valence-corrected chi connectivity index (χ1v) is 5.03. The molecule has 1 N–H and O–H groups in total. The fourth-order valence-corrected chi connectivity index (χ4v) is 1.07. The van der Waals surface area contributed by atoms with Gasteiger partial charge in [0.05, 0.1) is 17.7 Å². The molecule has 4 heteroatoms. The van der Waals surface area contributed by atoms with Crippen LogP contribution in [0.15, 0.2) is 18.3 Å². The number of nitrogens with zero attached hydrogens (tertiary/aromatic N) is 1. The minimum Gasteiger partial charge on any atom is -0.377 e. The fourth-order valence-electron chi connectivity index (χ4n) is 0.954. The first-order chi connectivity index (χ1) is 6.68. The minimum absolute atomic E-state index is 0.273. The lowest BCUT2D eigenvalue weighted by Gasteiger charge is -2.08. The minimum atomic E-state index is 0.273. The van der Waals surface area contributed by atoms with Crippen molar-refractivity contribution in [1.29, 1.82) is 0 Å². The summed E-state index contributed by atoms with van der Waals surface area (Å²) in [7, 11) is 0. The van der Waals surface area contributed by atoms with Crippen molar-refractivity contribution in [1.82, 2.24) is 4.98 Å². The van der Waals surface area contributed by atoms with Crippen LogP contribution < -0.4 is 5.32 Å². The molecule has 0 amide bonds. The zero-order valence-corrected chi connectivity index (χ0v) is 9.21. The number of hydrogen-bond donors (Lipinski definition) is 1. The molecule has 0 aliphatic heterocycles. The smallest absolute Gasteiger partial charge is 0.126 e. The van der Waals surface area contributed by atoms with Crippen molar-refractivity contribution in [2.45, 2.75) is 20.0 Å². The summed E-state index contributed by atoms with van der Waals surface area (Å²) >= 11 is 5.70. The second-order valence-electron chi connectivity index (χ2n) is 3.21. The SMILES string of the molecule is CC(C)OCCNc1ccc(Cl)cn1.